The highest BCUT2D eigenvalue weighted by Crippen LogP contribution is 2.48. The third-order valence-electron chi connectivity index (χ3n) is 4.93. The summed E-state index contributed by atoms with van der Waals surface area (Å²) in [5, 5.41) is 0. The van der Waals surface area contributed by atoms with E-state index in [1.54, 1.807) is 7.11 Å². The average Bonchev–Trinajstić information content (AvgIpc) is 2.33. The molecule has 2 nitrogen and oxygen atoms in total. The topological polar surface area (TPSA) is 35.2 Å². The van der Waals surface area contributed by atoms with Gasteiger partial charge in [0.05, 0.1) is 7.11 Å². The summed E-state index contributed by atoms with van der Waals surface area (Å²) >= 11 is 0. The Morgan fingerprint density at radius 1 is 1.41 bits per heavy atom. The second-order valence-corrected chi connectivity index (χ2v) is 5.82. The van der Waals surface area contributed by atoms with Gasteiger partial charge in [-0.1, -0.05) is 19.4 Å². The molecule has 1 saturated carbocycles. The van der Waals surface area contributed by atoms with Gasteiger partial charge in [0.15, 0.2) is 0 Å². The first-order valence-electron chi connectivity index (χ1n) is 6.58. The van der Waals surface area contributed by atoms with Gasteiger partial charge >= 0.3 is 0 Å². The molecule has 0 heterocycles. The summed E-state index contributed by atoms with van der Waals surface area (Å²) in [6.45, 7) is 2.33. The first-order valence-corrected chi connectivity index (χ1v) is 6.58. The molecule has 17 heavy (non-hydrogen) atoms. The lowest BCUT2D eigenvalue weighted by molar-refractivity contribution is 0.173. The van der Waals surface area contributed by atoms with E-state index in [1.807, 2.05) is 0 Å². The molecule has 0 saturated heterocycles. The second kappa shape index (κ2) is 3.74. The van der Waals surface area contributed by atoms with Gasteiger partial charge in [0.25, 0.3) is 0 Å². The first-order chi connectivity index (χ1) is 8.15. The van der Waals surface area contributed by atoms with E-state index in [-0.39, 0.29) is 5.41 Å². The van der Waals surface area contributed by atoms with Gasteiger partial charge < -0.3 is 10.5 Å². The Bertz CT molecular complexity index is 443. The zero-order chi connectivity index (χ0) is 12.0. The molecule has 3 rings (SSSR count). The number of ether oxygens (including phenoxy) is 1. The molecule has 3 atom stereocenters. The summed E-state index contributed by atoms with van der Waals surface area (Å²) in [4.78, 5) is 0. The maximum absolute atomic E-state index is 6.48. The smallest absolute Gasteiger partial charge is 0.119 e. The maximum atomic E-state index is 6.48. The van der Waals surface area contributed by atoms with Gasteiger partial charge in [0.1, 0.15) is 5.75 Å². The van der Waals surface area contributed by atoms with Crippen LogP contribution in [0.2, 0.25) is 0 Å². The third-order valence-corrected chi connectivity index (χ3v) is 4.93. The lowest BCUT2D eigenvalue weighted by Gasteiger charge is -2.49. The monoisotopic (exact) mass is 231 g/mol. The predicted octanol–water partition coefficient (Wildman–Crippen LogP) is 2.64. The lowest BCUT2D eigenvalue weighted by atomic mass is 9.57. The molecule has 2 N–H and O–H groups in total. The van der Waals surface area contributed by atoms with Crippen LogP contribution in [0.5, 0.6) is 5.75 Å². The summed E-state index contributed by atoms with van der Waals surface area (Å²) < 4.78 is 5.36. The fourth-order valence-electron chi connectivity index (χ4n) is 3.82. The lowest BCUT2D eigenvalue weighted by Crippen LogP contribution is -2.54. The van der Waals surface area contributed by atoms with Crippen LogP contribution in [0, 0.1) is 5.92 Å². The molecule has 0 aromatic heterocycles. The van der Waals surface area contributed by atoms with Crippen LogP contribution in [-0.2, 0) is 11.8 Å². The molecule has 0 amide bonds. The standard InChI is InChI=1S/C15H21NO/c1-15-7-3-4-11(14(15)16)8-10-5-6-12(17-2)9-13(10)15/h5-6,9,11,14H,3-4,7-8,16H2,1-2H3/t11?,14?,15-/m1/s1. The molecular formula is C15H21NO. The van der Waals surface area contributed by atoms with Crippen LogP contribution in [0.25, 0.3) is 0 Å². The van der Waals surface area contributed by atoms with Crippen molar-refractivity contribution in [1.29, 1.82) is 0 Å². The Labute approximate surface area is 103 Å². The van der Waals surface area contributed by atoms with E-state index in [0.717, 1.165) is 12.2 Å². The van der Waals surface area contributed by atoms with E-state index in [2.05, 4.69) is 25.1 Å². The summed E-state index contributed by atoms with van der Waals surface area (Å²) in [5.41, 5.74) is 9.56. The molecule has 0 radical (unpaired) electrons. The SMILES string of the molecule is COc1ccc2c(c1)[C@@]1(C)CCCC(C2)C1N. The van der Waals surface area contributed by atoms with Crippen LogP contribution >= 0.6 is 0 Å². The zero-order valence-corrected chi connectivity index (χ0v) is 10.7. The van der Waals surface area contributed by atoms with Gasteiger partial charge in [0.2, 0.25) is 0 Å². The Kier molecular flexibility index (Phi) is 2.44. The molecule has 2 aliphatic carbocycles. The fraction of sp³-hybridized carbons (Fsp3) is 0.600. The molecule has 2 unspecified atom stereocenters. The Balaban J connectivity index is 2.14. The predicted molar refractivity (Wildman–Crippen MR) is 69.4 cm³/mol. The normalized spacial score (nSPS) is 35.2. The highest BCUT2D eigenvalue weighted by molar-refractivity contribution is 5.44. The van der Waals surface area contributed by atoms with Crippen molar-refractivity contribution in [2.45, 2.75) is 44.1 Å². The second-order valence-electron chi connectivity index (χ2n) is 5.82. The molecule has 1 aromatic carbocycles. The van der Waals surface area contributed by atoms with Crippen LogP contribution in [0.15, 0.2) is 18.2 Å². The Morgan fingerprint density at radius 3 is 3.00 bits per heavy atom. The molecule has 2 bridgehead atoms. The molecule has 1 aromatic rings. The quantitative estimate of drug-likeness (QED) is 0.806. The number of fused-ring (bicyclic) bond motifs is 4. The highest BCUT2D eigenvalue weighted by atomic mass is 16.5. The Morgan fingerprint density at radius 2 is 2.24 bits per heavy atom. The van der Waals surface area contributed by atoms with Crippen LogP contribution in [-0.4, -0.2) is 13.2 Å². The molecule has 0 aliphatic heterocycles. The molecule has 2 aliphatic rings. The van der Waals surface area contributed by atoms with Gasteiger partial charge in [-0.25, -0.2) is 0 Å². The van der Waals surface area contributed by atoms with Crippen LogP contribution in [0.3, 0.4) is 0 Å². The van der Waals surface area contributed by atoms with Crippen LogP contribution in [0.1, 0.15) is 37.3 Å². The first kappa shape index (κ1) is 11.1. The molecule has 1 fully saturated rings. The van der Waals surface area contributed by atoms with E-state index in [9.17, 15) is 0 Å². The van der Waals surface area contributed by atoms with Crippen LogP contribution < -0.4 is 10.5 Å². The largest absolute Gasteiger partial charge is 0.497 e. The molecular weight excluding hydrogens is 210 g/mol. The third kappa shape index (κ3) is 1.50. The number of methoxy groups -OCH3 is 1. The highest BCUT2D eigenvalue weighted by Gasteiger charge is 2.45. The van der Waals surface area contributed by atoms with Crippen LogP contribution in [0.4, 0.5) is 0 Å². The van der Waals surface area contributed by atoms with Crippen molar-refractivity contribution in [2.24, 2.45) is 11.7 Å². The number of hydrogen-bond donors (Lipinski definition) is 1. The zero-order valence-electron chi connectivity index (χ0n) is 10.7. The van der Waals surface area contributed by atoms with E-state index in [0.29, 0.717) is 12.0 Å². The van der Waals surface area contributed by atoms with Crippen molar-refractivity contribution < 1.29 is 4.74 Å². The minimum atomic E-state index is 0.158. The van der Waals surface area contributed by atoms with Gasteiger partial charge in [0, 0.05) is 11.5 Å². The molecule has 2 heteroatoms. The molecule has 0 spiro atoms. The maximum Gasteiger partial charge on any atom is 0.119 e. The van der Waals surface area contributed by atoms with Crippen molar-refractivity contribution in [3.05, 3.63) is 29.3 Å². The number of nitrogens with two attached hydrogens (primary N) is 1. The fourth-order valence-corrected chi connectivity index (χ4v) is 3.82. The summed E-state index contributed by atoms with van der Waals surface area (Å²) in [6.07, 6.45) is 4.97. The number of hydrogen-bond acceptors (Lipinski definition) is 2. The van der Waals surface area contributed by atoms with E-state index in [4.69, 9.17) is 10.5 Å². The number of rotatable bonds is 1. The van der Waals surface area contributed by atoms with Crippen molar-refractivity contribution in [1.82, 2.24) is 0 Å². The minimum Gasteiger partial charge on any atom is -0.497 e. The van der Waals surface area contributed by atoms with Gasteiger partial charge in [-0.05, 0) is 48.4 Å². The van der Waals surface area contributed by atoms with Crippen molar-refractivity contribution >= 4 is 0 Å². The summed E-state index contributed by atoms with van der Waals surface area (Å²) in [6, 6.07) is 6.83. The summed E-state index contributed by atoms with van der Waals surface area (Å²) in [5.74, 6) is 1.64. The average molecular weight is 231 g/mol. The van der Waals surface area contributed by atoms with E-state index >= 15 is 0 Å². The number of benzene rings is 1. The Hall–Kier alpha value is -1.02. The van der Waals surface area contributed by atoms with Crippen molar-refractivity contribution in [3.63, 3.8) is 0 Å². The van der Waals surface area contributed by atoms with Gasteiger partial charge in [-0.15, -0.1) is 0 Å². The van der Waals surface area contributed by atoms with E-state index in [1.165, 1.54) is 30.4 Å². The van der Waals surface area contributed by atoms with Crippen molar-refractivity contribution in [3.8, 4) is 5.75 Å². The minimum absolute atomic E-state index is 0.158. The van der Waals surface area contributed by atoms with E-state index < -0.39 is 0 Å². The van der Waals surface area contributed by atoms with Gasteiger partial charge in [-0.2, -0.15) is 0 Å². The molecule has 92 valence electrons. The summed E-state index contributed by atoms with van der Waals surface area (Å²) in [7, 11) is 1.73. The van der Waals surface area contributed by atoms with Gasteiger partial charge in [-0.3, -0.25) is 0 Å². The van der Waals surface area contributed by atoms with Crippen molar-refractivity contribution in [2.75, 3.05) is 7.11 Å².